The maximum absolute atomic E-state index is 14.0. The number of nitrogens with one attached hydrogen (secondary N) is 1. The molecule has 1 N–H and O–H groups in total. The second-order valence-electron chi connectivity index (χ2n) is 10.2. The smallest absolute Gasteiger partial charge is 0.427 e. The lowest BCUT2D eigenvalue weighted by atomic mass is 9.86. The van der Waals surface area contributed by atoms with E-state index in [-0.39, 0.29) is 33.6 Å². The molecular formula is C24H29ClF3N5O5S. The molecule has 0 radical (unpaired) electrons. The van der Waals surface area contributed by atoms with Crippen LogP contribution in [0.1, 0.15) is 48.0 Å². The van der Waals surface area contributed by atoms with Gasteiger partial charge in [-0.15, -0.1) is 0 Å². The molecule has 10 nitrogen and oxygen atoms in total. The van der Waals surface area contributed by atoms with Gasteiger partial charge >= 0.3 is 12.3 Å². The Morgan fingerprint density at radius 3 is 2.46 bits per heavy atom. The van der Waals surface area contributed by atoms with Crippen LogP contribution in [-0.2, 0) is 21.3 Å². The number of aryl methyl sites for hydroxylation is 1. The summed E-state index contributed by atoms with van der Waals surface area (Å²) in [5.41, 5.74) is -3.66. The molecule has 1 aliphatic heterocycles. The summed E-state index contributed by atoms with van der Waals surface area (Å²) in [5.74, 6) is 0.115. The summed E-state index contributed by atoms with van der Waals surface area (Å²) in [4.78, 5) is 12.0. The molecule has 1 amide bonds. The predicted octanol–water partition coefficient (Wildman–Crippen LogP) is 5.73. The van der Waals surface area contributed by atoms with E-state index in [1.54, 1.807) is 27.7 Å². The molecule has 2 heterocycles. The lowest BCUT2D eigenvalue weighted by Gasteiger charge is -2.42. The van der Waals surface area contributed by atoms with Crippen molar-refractivity contribution in [2.45, 2.75) is 83.3 Å². The second-order valence-corrected chi connectivity index (χ2v) is 12.4. The van der Waals surface area contributed by atoms with Gasteiger partial charge in [0.2, 0.25) is 5.60 Å². The first-order chi connectivity index (χ1) is 17.8. The van der Waals surface area contributed by atoms with Crippen molar-refractivity contribution in [3.63, 3.8) is 0 Å². The number of anilines is 2. The number of benzene rings is 1. The van der Waals surface area contributed by atoms with Crippen LogP contribution < -0.4 is 14.4 Å². The maximum atomic E-state index is 14.0. The second kappa shape index (κ2) is 10.4. The zero-order valence-electron chi connectivity index (χ0n) is 22.1. The summed E-state index contributed by atoms with van der Waals surface area (Å²) >= 11 is 6.19. The average Bonchev–Trinajstić information content (AvgIpc) is 3.20. The SMILES string of the molecule is CCn1cc(S(=O)(=O)N2c3cc(NC(=O)OC(C)(C)C(F)(F)F)ccc3O[C@@H](CC(C)(C)C#N)[C@@H]2C)c(Cl)n1. The first kappa shape index (κ1) is 30.4. The number of amides is 1. The summed E-state index contributed by atoms with van der Waals surface area (Å²) < 4.78 is 80.4. The molecule has 39 heavy (non-hydrogen) atoms. The average molecular weight is 592 g/mol. The minimum absolute atomic E-state index is 0.00158. The molecular weight excluding hydrogens is 563 g/mol. The quantitative estimate of drug-likeness (QED) is 0.435. The van der Waals surface area contributed by atoms with Gasteiger partial charge < -0.3 is 9.47 Å². The number of nitriles is 1. The van der Waals surface area contributed by atoms with Crippen molar-refractivity contribution in [2.24, 2.45) is 5.41 Å². The Labute approximate surface area is 229 Å². The Morgan fingerprint density at radius 1 is 1.28 bits per heavy atom. The van der Waals surface area contributed by atoms with Crippen molar-refractivity contribution in [3.05, 3.63) is 29.5 Å². The number of halogens is 4. The standard InChI is InChI=1S/C24H29ClF3N5O5S/c1-7-32-12-19(20(25)31-32)39(35,36)33-14(2)18(11-22(3,4)13-29)37-17-9-8-15(10-16(17)33)30-21(34)38-23(5,6)24(26,27)28/h8-10,12,14,18H,7,11H2,1-6H3,(H,30,34)/t14-,18-/m0/s1. The maximum Gasteiger partial charge on any atom is 0.427 e. The number of hydrogen-bond donors (Lipinski definition) is 1. The number of aromatic nitrogens is 2. The van der Waals surface area contributed by atoms with Gasteiger partial charge in [0.05, 0.1) is 23.2 Å². The minimum Gasteiger partial charge on any atom is -0.486 e. The number of rotatable bonds is 7. The molecule has 0 spiro atoms. The third-order valence-electron chi connectivity index (χ3n) is 6.22. The molecule has 0 unspecified atom stereocenters. The highest BCUT2D eigenvalue weighted by atomic mass is 35.5. The van der Waals surface area contributed by atoms with Crippen LogP contribution in [0.5, 0.6) is 5.75 Å². The van der Waals surface area contributed by atoms with Crippen molar-refractivity contribution in [1.82, 2.24) is 9.78 Å². The number of hydrogen-bond acceptors (Lipinski definition) is 7. The molecule has 3 rings (SSSR count). The summed E-state index contributed by atoms with van der Waals surface area (Å²) in [6, 6.07) is 5.26. The van der Waals surface area contributed by atoms with E-state index in [9.17, 15) is 31.6 Å². The van der Waals surface area contributed by atoms with Crippen molar-refractivity contribution in [1.29, 1.82) is 5.26 Å². The van der Waals surface area contributed by atoms with Gasteiger partial charge in [-0.05, 0) is 59.7 Å². The minimum atomic E-state index is -4.82. The summed E-state index contributed by atoms with van der Waals surface area (Å²) in [5, 5.41) is 15.5. The fraction of sp³-hybridized carbons (Fsp3) is 0.542. The van der Waals surface area contributed by atoms with Gasteiger partial charge in [-0.25, -0.2) is 13.2 Å². The first-order valence-corrected chi connectivity index (χ1v) is 13.7. The molecule has 0 bridgehead atoms. The fourth-order valence-corrected chi connectivity index (χ4v) is 6.00. The van der Waals surface area contributed by atoms with E-state index in [4.69, 9.17) is 16.3 Å². The molecule has 0 saturated carbocycles. The van der Waals surface area contributed by atoms with E-state index in [0.29, 0.717) is 20.4 Å². The van der Waals surface area contributed by atoms with Crippen LogP contribution in [0.2, 0.25) is 5.15 Å². The molecule has 15 heteroatoms. The third-order valence-corrected chi connectivity index (χ3v) is 8.51. The molecule has 214 valence electrons. The predicted molar refractivity (Wildman–Crippen MR) is 137 cm³/mol. The highest BCUT2D eigenvalue weighted by Gasteiger charge is 2.51. The Hall–Kier alpha value is -3.18. The van der Waals surface area contributed by atoms with Crippen LogP contribution in [0.3, 0.4) is 0 Å². The van der Waals surface area contributed by atoms with E-state index < -0.39 is 45.5 Å². The number of nitrogens with zero attached hydrogens (tertiary/aromatic N) is 4. The van der Waals surface area contributed by atoms with Crippen LogP contribution in [0.25, 0.3) is 0 Å². The van der Waals surface area contributed by atoms with Crippen LogP contribution in [0.4, 0.5) is 29.3 Å². The van der Waals surface area contributed by atoms with E-state index in [2.05, 4.69) is 21.2 Å². The van der Waals surface area contributed by atoms with Crippen molar-refractivity contribution in [2.75, 3.05) is 9.62 Å². The van der Waals surface area contributed by atoms with Gasteiger partial charge in [0.1, 0.15) is 16.7 Å². The summed E-state index contributed by atoms with van der Waals surface area (Å²) in [6.45, 7) is 8.49. The number of carbonyl (C=O) groups excluding carboxylic acids is 1. The van der Waals surface area contributed by atoms with Gasteiger partial charge in [-0.1, -0.05) is 11.6 Å². The number of fused-ring (bicyclic) bond motifs is 1. The highest BCUT2D eigenvalue weighted by molar-refractivity contribution is 7.93. The van der Waals surface area contributed by atoms with Crippen LogP contribution >= 0.6 is 11.6 Å². The first-order valence-electron chi connectivity index (χ1n) is 11.9. The van der Waals surface area contributed by atoms with Gasteiger partial charge in [0.15, 0.2) is 5.15 Å². The van der Waals surface area contributed by atoms with Crippen molar-refractivity contribution >= 4 is 39.1 Å². The summed E-state index contributed by atoms with van der Waals surface area (Å²) in [6.07, 6.45) is -5.50. The lowest BCUT2D eigenvalue weighted by Crippen LogP contribution is -2.51. The molecule has 0 aliphatic carbocycles. The highest BCUT2D eigenvalue weighted by Crippen LogP contribution is 2.44. The third kappa shape index (κ3) is 6.19. The van der Waals surface area contributed by atoms with Crippen molar-refractivity contribution in [3.8, 4) is 11.8 Å². The number of alkyl halides is 3. The van der Waals surface area contributed by atoms with Crippen LogP contribution in [0, 0.1) is 16.7 Å². The Kier molecular flexibility index (Phi) is 8.11. The number of carbonyl (C=O) groups is 1. The number of sulfonamides is 1. The molecule has 2 atom stereocenters. The van der Waals surface area contributed by atoms with Crippen LogP contribution in [-0.4, -0.2) is 48.2 Å². The van der Waals surface area contributed by atoms with Gasteiger partial charge in [-0.2, -0.15) is 23.5 Å². The van der Waals surface area contributed by atoms with E-state index >= 15 is 0 Å². The molecule has 1 aliphatic rings. The molecule has 2 aromatic rings. The van der Waals surface area contributed by atoms with Gasteiger partial charge in [0, 0.05) is 24.8 Å². The molecule has 0 saturated heterocycles. The van der Waals surface area contributed by atoms with E-state index in [1.807, 2.05) is 0 Å². The van der Waals surface area contributed by atoms with E-state index in [1.165, 1.54) is 29.1 Å². The Morgan fingerprint density at radius 2 is 1.92 bits per heavy atom. The zero-order valence-corrected chi connectivity index (χ0v) is 23.7. The monoisotopic (exact) mass is 591 g/mol. The largest absolute Gasteiger partial charge is 0.486 e. The zero-order chi connectivity index (χ0) is 29.6. The molecule has 1 aromatic carbocycles. The summed E-state index contributed by atoms with van der Waals surface area (Å²) in [7, 11) is -4.37. The Bertz CT molecular complexity index is 1400. The van der Waals surface area contributed by atoms with Gasteiger partial charge in [0.25, 0.3) is 10.0 Å². The molecule has 1 aromatic heterocycles. The molecule has 0 fully saturated rings. The fourth-order valence-electron chi connectivity index (χ4n) is 3.86. The van der Waals surface area contributed by atoms with Gasteiger partial charge in [-0.3, -0.25) is 14.3 Å². The normalized spacial score (nSPS) is 18.1. The van der Waals surface area contributed by atoms with Crippen molar-refractivity contribution < 1.29 is 35.9 Å². The number of ether oxygens (including phenoxy) is 2. The lowest BCUT2D eigenvalue weighted by molar-refractivity contribution is -0.242. The van der Waals surface area contributed by atoms with Crippen LogP contribution in [0.15, 0.2) is 29.3 Å². The Balaban J connectivity index is 2.07. The topological polar surface area (TPSA) is 127 Å². The van der Waals surface area contributed by atoms with E-state index in [0.717, 1.165) is 4.31 Å².